The Morgan fingerprint density at radius 3 is 2.55 bits per heavy atom. The fraction of sp³-hybridized carbons (Fsp3) is 0.429. The van der Waals surface area contributed by atoms with Gasteiger partial charge in [0.05, 0.1) is 25.0 Å². The predicted molar refractivity (Wildman–Crippen MR) is 75.6 cm³/mol. The van der Waals surface area contributed by atoms with E-state index in [1.165, 1.54) is 12.0 Å². The summed E-state index contributed by atoms with van der Waals surface area (Å²) in [6.07, 6.45) is 0. The summed E-state index contributed by atoms with van der Waals surface area (Å²) < 4.78 is 9.93. The van der Waals surface area contributed by atoms with Gasteiger partial charge in [-0.1, -0.05) is 6.07 Å². The Bertz CT molecular complexity index is 488. The van der Waals surface area contributed by atoms with Gasteiger partial charge in [0, 0.05) is 6.54 Å². The molecule has 0 aliphatic heterocycles. The van der Waals surface area contributed by atoms with Crippen LogP contribution in [-0.4, -0.2) is 43.6 Å². The summed E-state index contributed by atoms with van der Waals surface area (Å²) in [5, 5.41) is 0. The van der Waals surface area contributed by atoms with Gasteiger partial charge in [-0.3, -0.25) is 9.59 Å². The summed E-state index contributed by atoms with van der Waals surface area (Å²) >= 11 is 0. The number of para-hydroxylation sites is 1. The quantitative estimate of drug-likeness (QED) is 0.627. The number of carbonyl (C=O) groups is 2. The third-order valence-corrected chi connectivity index (χ3v) is 2.81. The zero-order chi connectivity index (χ0) is 15.1. The molecule has 2 N–H and O–H groups in total. The minimum absolute atomic E-state index is 0.0974. The third kappa shape index (κ3) is 3.63. The Kier molecular flexibility index (Phi) is 5.83. The Morgan fingerprint density at radius 1 is 1.30 bits per heavy atom. The van der Waals surface area contributed by atoms with Gasteiger partial charge in [0.1, 0.15) is 12.3 Å². The second-order valence-corrected chi connectivity index (χ2v) is 4.05. The molecule has 0 bridgehead atoms. The average Bonchev–Trinajstić information content (AvgIpc) is 2.44. The van der Waals surface area contributed by atoms with Gasteiger partial charge >= 0.3 is 5.97 Å². The van der Waals surface area contributed by atoms with Crippen molar-refractivity contribution in [1.29, 1.82) is 0 Å². The predicted octanol–water partition coefficient (Wildman–Crippen LogP) is 1.30. The number of amides is 1. The number of nitrogens with two attached hydrogens (primary N) is 1. The van der Waals surface area contributed by atoms with Crippen LogP contribution in [0.25, 0.3) is 0 Å². The maximum absolute atomic E-state index is 12.4. The van der Waals surface area contributed by atoms with Crippen LogP contribution in [0, 0.1) is 0 Å². The zero-order valence-electron chi connectivity index (χ0n) is 12.0. The van der Waals surface area contributed by atoms with E-state index in [0.717, 1.165) is 0 Å². The molecule has 0 saturated heterocycles. The van der Waals surface area contributed by atoms with E-state index in [1.807, 2.05) is 0 Å². The molecule has 0 aromatic heterocycles. The first-order valence-corrected chi connectivity index (χ1v) is 6.42. The van der Waals surface area contributed by atoms with Crippen LogP contribution < -0.4 is 10.5 Å². The van der Waals surface area contributed by atoms with E-state index in [-0.39, 0.29) is 24.7 Å². The normalized spacial score (nSPS) is 9.95. The molecule has 0 aliphatic carbocycles. The second kappa shape index (κ2) is 7.37. The summed E-state index contributed by atoms with van der Waals surface area (Å²) in [6, 6.07) is 4.96. The minimum Gasteiger partial charge on any atom is -0.495 e. The first-order chi connectivity index (χ1) is 9.54. The molecule has 110 valence electrons. The highest BCUT2D eigenvalue weighted by atomic mass is 16.5. The molecular weight excluding hydrogens is 260 g/mol. The van der Waals surface area contributed by atoms with Gasteiger partial charge < -0.3 is 20.1 Å². The molecule has 1 rings (SSSR count). The van der Waals surface area contributed by atoms with Crippen molar-refractivity contribution in [3.05, 3.63) is 23.8 Å². The molecule has 0 fully saturated rings. The highest BCUT2D eigenvalue weighted by Crippen LogP contribution is 2.25. The minimum atomic E-state index is -0.441. The molecular formula is C14H20N2O4. The number of hydrogen-bond acceptors (Lipinski definition) is 5. The molecule has 6 heteroatoms. The van der Waals surface area contributed by atoms with E-state index in [1.54, 1.807) is 32.0 Å². The van der Waals surface area contributed by atoms with Crippen molar-refractivity contribution in [1.82, 2.24) is 4.90 Å². The number of hydrogen-bond donors (Lipinski definition) is 1. The number of methoxy groups -OCH3 is 1. The van der Waals surface area contributed by atoms with Gasteiger partial charge in [-0.05, 0) is 26.0 Å². The summed E-state index contributed by atoms with van der Waals surface area (Å²) in [4.78, 5) is 25.2. The van der Waals surface area contributed by atoms with Crippen LogP contribution in [0.2, 0.25) is 0 Å². The van der Waals surface area contributed by atoms with Gasteiger partial charge in [-0.25, -0.2) is 0 Å². The fourth-order valence-corrected chi connectivity index (χ4v) is 1.77. The number of carbonyl (C=O) groups excluding carboxylic acids is 2. The van der Waals surface area contributed by atoms with E-state index in [2.05, 4.69) is 0 Å². The van der Waals surface area contributed by atoms with E-state index in [0.29, 0.717) is 17.9 Å². The number of nitrogens with zero attached hydrogens (tertiary/aromatic N) is 1. The number of anilines is 1. The lowest BCUT2D eigenvalue weighted by Gasteiger charge is -2.21. The highest BCUT2D eigenvalue weighted by Gasteiger charge is 2.21. The molecule has 0 atom stereocenters. The second-order valence-electron chi connectivity index (χ2n) is 4.05. The highest BCUT2D eigenvalue weighted by molar-refractivity contribution is 6.01. The van der Waals surface area contributed by atoms with E-state index in [4.69, 9.17) is 15.2 Å². The molecule has 1 amide bonds. The molecule has 6 nitrogen and oxygen atoms in total. The monoisotopic (exact) mass is 280 g/mol. The molecule has 0 saturated carbocycles. The molecule has 20 heavy (non-hydrogen) atoms. The van der Waals surface area contributed by atoms with Crippen LogP contribution in [-0.2, 0) is 9.53 Å². The number of likely N-dealkylation sites (N-methyl/N-ethyl adjacent to an activating group) is 1. The molecule has 1 aromatic carbocycles. The maximum Gasteiger partial charge on any atom is 0.325 e. The SMILES string of the molecule is CCOC(=O)CN(CC)C(=O)c1cccc(OC)c1N. The van der Waals surface area contributed by atoms with Crippen molar-refractivity contribution in [2.45, 2.75) is 13.8 Å². The number of benzene rings is 1. The summed E-state index contributed by atoms with van der Waals surface area (Å²) in [7, 11) is 1.48. The average molecular weight is 280 g/mol. The first-order valence-electron chi connectivity index (χ1n) is 6.42. The Balaban J connectivity index is 2.94. The lowest BCUT2D eigenvalue weighted by molar-refractivity contribution is -0.143. The lowest BCUT2D eigenvalue weighted by atomic mass is 10.1. The molecule has 0 spiro atoms. The number of rotatable bonds is 6. The van der Waals surface area contributed by atoms with Crippen molar-refractivity contribution < 1.29 is 19.1 Å². The molecule has 1 aromatic rings. The maximum atomic E-state index is 12.4. The standard InChI is InChI=1S/C14H20N2O4/c1-4-16(9-12(17)20-5-2)14(18)10-7-6-8-11(19-3)13(10)15/h6-8H,4-5,9,15H2,1-3H3. The molecule has 0 radical (unpaired) electrons. The topological polar surface area (TPSA) is 81.9 Å². The van der Waals surface area contributed by atoms with Gasteiger partial charge in [-0.15, -0.1) is 0 Å². The van der Waals surface area contributed by atoms with Crippen molar-refractivity contribution in [3.8, 4) is 5.75 Å². The Hall–Kier alpha value is -2.24. The van der Waals surface area contributed by atoms with Gasteiger partial charge in [-0.2, -0.15) is 0 Å². The van der Waals surface area contributed by atoms with Crippen LogP contribution in [0.4, 0.5) is 5.69 Å². The van der Waals surface area contributed by atoms with Gasteiger partial charge in [0.2, 0.25) is 0 Å². The van der Waals surface area contributed by atoms with Crippen molar-refractivity contribution in [3.63, 3.8) is 0 Å². The van der Waals surface area contributed by atoms with Gasteiger partial charge in [0.15, 0.2) is 0 Å². The first kappa shape index (κ1) is 15.8. The van der Waals surface area contributed by atoms with Crippen LogP contribution in [0.3, 0.4) is 0 Å². The van der Waals surface area contributed by atoms with Crippen LogP contribution in [0.1, 0.15) is 24.2 Å². The lowest BCUT2D eigenvalue weighted by Crippen LogP contribution is -2.36. The van der Waals surface area contributed by atoms with Crippen molar-refractivity contribution >= 4 is 17.6 Å². The fourth-order valence-electron chi connectivity index (χ4n) is 1.77. The van der Waals surface area contributed by atoms with E-state index in [9.17, 15) is 9.59 Å². The summed E-state index contributed by atoms with van der Waals surface area (Å²) in [6.45, 7) is 4.07. The Labute approximate surface area is 118 Å². The van der Waals surface area contributed by atoms with Gasteiger partial charge in [0.25, 0.3) is 5.91 Å². The van der Waals surface area contributed by atoms with E-state index >= 15 is 0 Å². The number of ether oxygens (including phenoxy) is 2. The van der Waals surface area contributed by atoms with Crippen LogP contribution >= 0.6 is 0 Å². The third-order valence-electron chi connectivity index (χ3n) is 2.81. The summed E-state index contributed by atoms with van der Waals surface area (Å²) in [5.74, 6) is -0.329. The van der Waals surface area contributed by atoms with Crippen LogP contribution in [0.5, 0.6) is 5.75 Å². The largest absolute Gasteiger partial charge is 0.495 e. The van der Waals surface area contributed by atoms with Crippen molar-refractivity contribution in [2.24, 2.45) is 0 Å². The summed E-state index contributed by atoms with van der Waals surface area (Å²) in [5.41, 5.74) is 6.47. The molecule has 0 heterocycles. The van der Waals surface area contributed by atoms with Crippen LogP contribution in [0.15, 0.2) is 18.2 Å². The Morgan fingerprint density at radius 2 is 2.00 bits per heavy atom. The van der Waals surface area contributed by atoms with Crippen molar-refractivity contribution in [2.75, 3.05) is 32.5 Å². The molecule has 0 aliphatic rings. The zero-order valence-corrected chi connectivity index (χ0v) is 12.0. The smallest absolute Gasteiger partial charge is 0.325 e. The van der Waals surface area contributed by atoms with E-state index < -0.39 is 5.97 Å². The molecule has 0 unspecified atom stereocenters. The number of esters is 1. The number of nitrogen functional groups attached to an aromatic ring is 1.